The van der Waals surface area contributed by atoms with Gasteiger partial charge in [-0.15, -0.1) is 11.3 Å². The molecule has 0 aliphatic carbocycles. The molecule has 2 N–H and O–H groups in total. The van der Waals surface area contributed by atoms with Gasteiger partial charge in [-0.3, -0.25) is 4.79 Å². The summed E-state index contributed by atoms with van der Waals surface area (Å²) in [6, 6.07) is 4.05. The molecular weight excluding hydrogens is 351 g/mol. The molecule has 0 aliphatic rings. The van der Waals surface area contributed by atoms with E-state index < -0.39 is 17.7 Å². The number of hydrogen-bond acceptors (Lipinski definition) is 4. The summed E-state index contributed by atoms with van der Waals surface area (Å²) < 4.78 is 14.1. The lowest BCUT2D eigenvalue weighted by Gasteiger charge is -2.04. The minimum Gasteiger partial charge on any atom is -0.476 e. The van der Waals surface area contributed by atoms with Gasteiger partial charge in [0.05, 0.1) is 12.1 Å². The number of carboxylic acid groups (broad SMARTS) is 1. The maximum absolute atomic E-state index is 13.5. The monoisotopic (exact) mass is 358 g/mol. The van der Waals surface area contributed by atoms with E-state index in [2.05, 4.69) is 26.2 Å². The Morgan fingerprint density at radius 2 is 2.20 bits per heavy atom. The summed E-state index contributed by atoms with van der Waals surface area (Å²) >= 11 is 4.27. The molecule has 1 aromatic heterocycles. The van der Waals surface area contributed by atoms with Crippen molar-refractivity contribution >= 4 is 39.1 Å². The highest BCUT2D eigenvalue weighted by Crippen LogP contribution is 2.16. The second kappa shape index (κ2) is 6.10. The summed E-state index contributed by atoms with van der Waals surface area (Å²) in [6.45, 7) is 0.0444. The first kappa shape index (κ1) is 14.6. The molecule has 2 aromatic rings. The molecule has 1 aromatic carbocycles. The normalized spacial score (nSPS) is 10.3. The van der Waals surface area contributed by atoms with E-state index in [9.17, 15) is 14.0 Å². The van der Waals surface area contributed by atoms with Crippen LogP contribution in [-0.2, 0) is 6.54 Å². The fourth-order valence-corrected chi connectivity index (χ4v) is 2.48. The number of carbonyl (C=O) groups excluding carboxylic acids is 1. The lowest BCUT2D eigenvalue weighted by atomic mass is 10.2. The number of nitrogens with one attached hydrogen (secondary N) is 1. The van der Waals surface area contributed by atoms with E-state index in [1.165, 1.54) is 23.6 Å². The summed E-state index contributed by atoms with van der Waals surface area (Å²) in [5, 5.41) is 13.0. The lowest BCUT2D eigenvalue weighted by Crippen LogP contribution is -2.23. The third-order valence-corrected chi connectivity index (χ3v) is 3.69. The van der Waals surface area contributed by atoms with Crippen LogP contribution in [0.3, 0.4) is 0 Å². The maximum atomic E-state index is 13.5. The fraction of sp³-hybridized carbons (Fsp3) is 0.0833. The number of halogens is 2. The van der Waals surface area contributed by atoms with Crippen molar-refractivity contribution < 1.29 is 19.1 Å². The Kier molecular flexibility index (Phi) is 4.46. The van der Waals surface area contributed by atoms with Crippen LogP contribution in [0.5, 0.6) is 0 Å². The van der Waals surface area contributed by atoms with E-state index in [-0.39, 0.29) is 17.8 Å². The Morgan fingerprint density at radius 3 is 2.85 bits per heavy atom. The molecule has 0 atom stereocenters. The highest BCUT2D eigenvalue weighted by atomic mass is 79.9. The fourth-order valence-electron chi connectivity index (χ4n) is 1.41. The Labute approximate surface area is 125 Å². The van der Waals surface area contributed by atoms with Gasteiger partial charge >= 0.3 is 5.97 Å². The molecule has 5 nitrogen and oxygen atoms in total. The molecule has 0 bridgehead atoms. The Morgan fingerprint density at radius 1 is 1.45 bits per heavy atom. The molecule has 1 amide bonds. The largest absolute Gasteiger partial charge is 0.476 e. The lowest BCUT2D eigenvalue weighted by molar-refractivity contribution is 0.0691. The minimum absolute atomic E-state index is 0.0444. The van der Waals surface area contributed by atoms with Crippen LogP contribution in [0.25, 0.3) is 0 Å². The van der Waals surface area contributed by atoms with E-state index in [4.69, 9.17) is 5.11 Å². The summed E-state index contributed by atoms with van der Waals surface area (Å²) in [7, 11) is 0. The molecule has 2 rings (SSSR count). The number of carbonyl (C=O) groups is 2. The van der Waals surface area contributed by atoms with Crippen molar-refractivity contribution in [1.29, 1.82) is 0 Å². The topological polar surface area (TPSA) is 79.3 Å². The number of aromatic nitrogens is 1. The highest BCUT2D eigenvalue weighted by molar-refractivity contribution is 9.10. The number of thiazole rings is 1. The van der Waals surface area contributed by atoms with Crippen LogP contribution < -0.4 is 5.32 Å². The quantitative estimate of drug-likeness (QED) is 0.880. The first-order chi connectivity index (χ1) is 9.47. The van der Waals surface area contributed by atoms with E-state index in [1.807, 2.05) is 0 Å². The van der Waals surface area contributed by atoms with Crippen LogP contribution in [-0.4, -0.2) is 22.0 Å². The van der Waals surface area contributed by atoms with Gasteiger partial charge in [-0.2, -0.15) is 0 Å². The predicted octanol–water partition coefficient (Wildman–Crippen LogP) is 2.67. The van der Waals surface area contributed by atoms with Crippen LogP contribution in [0, 0.1) is 5.82 Å². The van der Waals surface area contributed by atoms with Crippen molar-refractivity contribution in [2.24, 2.45) is 0 Å². The van der Waals surface area contributed by atoms with Gasteiger partial charge in [0, 0.05) is 9.85 Å². The van der Waals surface area contributed by atoms with Crippen LogP contribution in [0.15, 0.2) is 28.1 Å². The van der Waals surface area contributed by atoms with E-state index in [0.29, 0.717) is 9.48 Å². The third kappa shape index (κ3) is 3.40. The van der Waals surface area contributed by atoms with Gasteiger partial charge in [-0.05, 0) is 18.2 Å². The average molecular weight is 359 g/mol. The Balaban J connectivity index is 2.04. The SMILES string of the molecule is O=C(O)c1csc(CNC(=O)c2cc(Br)ccc2F)n1. The number of hydrogen-bond donors (Lipinski definition) is 2. The molecule has 0 saturated heterocycles. The average Bonchev–Trinajstić information content (AvgIpc) is 2.88. The van der Waals surface area contributed by atoms with Crippen molar-refractivity contribution in [3.05, 3.63) is 50.1 Å². The van der Waals surface area contributed by atoms with E-state index in [1.54, 1.807) is 0 Å². The summed E-state index contributed by atoms with van der Waals surface area (Å²) in [6.07, 6.45) is 0. The molecule has 20 heavy (non-hydrogen) atoms. The first-order valence-corrected chi connectivity index (χ1v) is 7.05. The predicted molar refractivity (Wildman–Crippen MR) is 74.3 cm³/mol. The Bertz CT molecular complexity index is 674. The van der Waals surface area contributed by atoms with Gasteiger partial charge in [0.25, 0.3) is 5.91 Å². The molecule has 8 heteroatoms. The second-order valence-electron chi connectivity index (χ2n) is 3.74. The number of amides is 1. The number of nitrogens with zero attached hydrogens (tertiary/aromatic N) is 1. The molecule has 104 valence electrons. The molecule has 0 aliphatic heterocycles. The van der Waals surface area contributed by atoms with Crippen molar-refractivity contribution in [3.63, 3.8) is 0 Å². The van der Waals surface area contributed by atoms with Crippen molar-refractivity contribution in [2.45, 2.75) is 6.54 Å². The molecule has 0 fully saturated rings. The van der Waals surface area contributed by atoms with Crippen LogP contribution in [0.4, 0.5) is 4.39 Å². The van der Waals surface area contributed by atoms with Gasteiger partial charge in [0.15, 0.2) is 5.69 Å². The minimum atomic E-state index is -1.13. The highest BCUT2D eigenvalue weighted by Gasteiger charge is 2.13. The van der Waals surface area contributed by atoms with E-state index in [0.717, 1.165) is 11.3 Å². The smallest absolute Gasteiger partial charge is 0.355 e. The number of carboxylic acids is 1. The van der Waals surface area contributed by atoms with Crippen LogP contribution in [0.1, 0.15) is 25.9 Å². The summed E-state index contributed by atoms with van der Waals surface area (Å²) in [4.78, 5) is 26.3. The number of rotatable bonds is 4. The number of benzene rings is 1. The zero-order valence-electron chi connectivity index (χ0n) is 9.89. The van der Waals surface area contributed by atoms with Gasteiger partial charge in [-0.25, -0.2) is 14.2 Å². The third-order valence-electron chi connectivity index (χ3n) is 2.34. The first-order valence-electron chi connectivity index (χ1n) is 5.38. The van der Waals surface area contributed by atoms with Crippen molar-refractivity contribution in [1.82, 2.24) is 10.3 Å². The van der Waals surface area contributed by atoms with Crippen molar-refractivity contribution in [2.75, 3.05) is 0 Å². The zero-order chi connectivity index (χ0) is 14.7. The molecule has 0 spiro atoms. The second-order valence-corrected chi connectivity index (χ2v) is 5.60. The summed E-state index contributed by atoms with van der Waals surface area (Å²) in [5.74, 6) is -2.34. The number of aromatic carboxylic acids is 1. The molecular formula is C12H8BrFN2O3S. The molecule has 0 unspecified atom stereocenters. The maximum Gasteiger partial charge on any atom is 0.355 e. The van der Waals surface area contributed by atoms with Crippen LogP contribution >= 0.6 is 27.3 Å². The summed E-state index contributed by atoms with van der Waals surface area (Å²) in [5.41, 5.74) is -0.165. The van der Waals surface area contributed by atoms with Crippen LogP contribution in [0.2, 0.25) is 0 Å². The van der Waals surface area contributed by atoms with Crippen molar-refractivity contribution in [3.8, 4) is 0 Å². The zero-order valence-corrected chi connectivity index (χ0v) is 12.3. The van der Waals surface area contributed by atoms with Gasteiger partial charge in [0.1, 0.15) is 10.8 Å². The Hall–Kier alpha value is -1.80. The molecule has 0 saturated carbocycles. The van der Waals surface area contributed by atoms with Gasteiger partial charge in [-0.1, -0.05) is 15.9 Å². The van der Waals surface area contributed by atoms with E-state index >= 15 is 0 Å². The molecule has 0 radical (unpaired) electrons. The van der Waals surface area contributed by atoms with Gasteiger partial charge in [0.2, 0.25) is 0 Å². The standard InChI is InChI=1S/C12H8BrFN2O3S/c13-6-1-2-8(14)7(3-6)11(17)15-4-10-16-9(5-20-10)12(18)19/h1-3,5H,4H2,(H,15,17)(H,18,19). The van der Waals surface area contributed by atoms with Gasteiger partial charge < -0.3 is 10.4 Å². The molecule has 1 heterocycles.